The second-order valence-corrected chi connectivity index (χ2v) is 4.23. The number of aliphatic hydroxyl groups excluding tert-OH is 3. The average Bonchev–Trinajstić information content (AvgIpc) is 2.45. The van der Waals surface area contributed by atoms with Gasteiger partial charge < -0.3 is 20.2 Å². The number of benzene rings is 1. The third-order valence-electron chi connectivity index (χ3n) is 2.80. The van der Waals surface area contributed by atoms with Crippen LogP contribution in [0.4, 0.5) is 0 Å². The molecule has 0 spiro atoms. The number of carbonyl (C=O) groups is 1. The van der Waals surface area contributed by atoms with Crippen LogP contribution in [0.3, 0.4) is 0 Å². The Hall–Kier alpha value is -1.87. The second-order valence-electron chi connectivity index (χ2n) is 4.23. The summed E-state index contributed by atoms with van der Waals surface area (Å²) in [6.45, 7) is 1.70. The average molecular weight is 277 g/mol. The van der Waals surface area contributed by atoms with Crippen molar-refractivity contribution in [3.8, 4) is 11.8 Å². The van der Waals surface area contributed by atoms with E-state index in [1.807, 2.05) is 6.92 Å². The first kappa shape index (κ1) is 16.2. The highest BCUT2D eigenvalue weighted by Crippen LogP contribution is 2.12. The van der Waals surface area contributed by atoms with Crippen LogP contribution in [0.5, 0.6) is 0 Å². The Morgan fingerprint density at radius 3 is 2.35 bits per heavy atom. The van der Waals surface area contributed by atoms with Gasteiger partial charge in [-0.2, -0.15) is 0 Å². The molecule has 108 valence electrons. The number of carbonyl (C=O) groups excluding carboxylic acids is 1. The summed E-state index contributed by atoms with van der Waals surface area (Å²) in [6.07, 6.45) is 0. The molecule has 0 radical (unpaired) electrons. The Balaban J connectivity index is 2.95. The molecular weight excluding hydrogens is 258 g/mol. The predicted molar refractivity (Wildman–Crippen MR) is 75.2 cm³/mol. The van der Waals surface area contributed by atoms with Gasteiger partial charge in [0.15, 0.2) is 0 Å². The minimum atomic E-state index is -0.238. The zero-order chi connectivity index (χ0) is 15.0. The molecule has 1 aromatic rings. The molecule has 0 aliphatic rings. The van der Waals surface area contributed by atoms with E-state index in [-0.39, 0.29) is 38.8 Å². The maximum absolute atomic E-state index is 12.2. The Morgan fingerprint density at radius 1 is 1.20 bits per heavy atom. The van der Waals surface area contributed by atoms with Crippen LogP contribution in [0, 0.1) is 18.8 Å². The molecule has 0 aliphatic carbocycles. The molecule has 0 heterocycles. The van der Waals surface area contributed by atoms with Crippen molar-refractivity contribution in [1.82, 2.24) is 4.90 Å². The predicted octanol–water partition coefficient (Wildman–Crippen LogP) is -0.234. The molecule has 1 rings (SSSR count). The van der Waals surface area contributed by atoms with Crippen molar-refractivity contribution in [3.05, 3.63) is 34.9 Å². The Bertz CT molecular complexity index is 510. The van der Waals surface area contributed by atoms with Crippen molar-refractivity contribution in [2.75, 3.05) is 32.9 Å². The Labute approximate surface area is 118 Å². The highest BCUT2D eigenvalue weighted by Gasteiger charge is 2.15. The van der Waals surface area contributed by atoms with Crippen LogP contribution in [0.25, 0.3) is 0 Å². The van der Waals surface area contributed by atoms with Gasteiger partial charge >= 0.3 is 0 Å². The van der Waals surface area contributed by atoms with Gasteiger partial charge in [0.25, 0.3) is 5.91 Å². The monoisotopic (exact) mass is 277 g/mol. The molecule has 1 amide bonds. The van der Waals surface area contributed by atoms with E-state index in [0.717, 1.165) is 11.1 Å². The van der Waals surface area contributed by atoms with Gasteiger partial charge in [-0.1, -0.05) is 11.8 Å². The molecule has 0 saturated heterocycles. The van der Waals surface area contributed by atoms with Gasteiger partial charge in [0.2, 0.25) is 0 Å². The van der Waals surface area contributed by atoms with E-state index in [1.54, 1.807) is 18.2 Å². The molecule has 0 saturated carbocycles. The summed E-state index contributed by atoms with van der Waals surface area (Å²) in [6, 6.07) is 5.09. The van der Waals surface area contributed by atoms with E-state index in [4.69, 9.17) is 15.3 Å². The normalized spacial score (nSPS) is 9.80. The number of hydrogen-bond donors (Lipinski definition) is 3. The third kappa shape index (κ3) is 4.35. The molecular formula is C15H19NO4. The van der Waals surface area contributed by atoms with E-state index in [0.29, 0.717) is 5.56 Å². The molecule has 0 aromatic heterocycles. The summed E-state index contributed by atoms with van der Waals surface area (Å²) in [5, 5.41) is 26.5. The maximum Gasteiger partial charge on any atom is 0.254 e. The van der Waals surface area contributed by atoms with Crippen molar-refractivity contribution in [1.29, 1.82) is 0 Å². The van der Waals surface area contributed by atoms with E-state index in [9.17, 15) is 4.79 Å². The number of rotatable bonds is 5. The van der Waals surface area contributed by atoms with Crippen LogP contribution in [0.15, 0.2) is 18.2 Å². The van der Waals surface area contributed by atoms with Gasteiger partial charge in [0.05, 0.1) is 13.2 Å². The van der Waals surface area contributed by atoms with Crippen LogP contribution in [0.1, 0.15) is 21.5 Å². The smallest absolute Gasteiger partial charge is 0.254 e. The number of nitrogens with zero attached hydrogens (tertiary/aromatic N) is 1. The van der Waals surface area contributed by atoms with Gasteiger partial charge in [-0.05, 0) is 30.7 Å². The van der Waals surface area contributed by atoms with Crippen LogP contribution >= 0.6 is 0 Å². The zero-order valence-electron chi connectivity index (χ0n) is 11.5. The summed E-state index contributed by atoms with van der Waals surface area (Å²) in [7, 11) is 0. The lowest BCUT2D eigenvalue weighted by atomic mass is 10.0. The van der Waals surface area contributed by atoms with Crippen molar-refractivity contribution >= 4 is 5.91 Å². The lowest BCUT2D eigenvalue weighted by molar-refractivity contribution is 0.0684. The van der Waals surface area contributed by atoms with Gasteiger partial charge in [0.1, 0.15) is 6.61 Å². The van der Waals surface area contributed by atoms with Crippen molar-refractivity contribution in [2.45, 2.75) is 6.92 Å². The lowest BCUT2D eigenvalue weighted by Gasteiger charge is -2.21. The van der Waals surface area contributed by atoms with Crippen LogP contribution in [0.2, 0.25) is 0 Å². The molecule has 0 atom stereocenters. The lowest BCUT2D eigenvalue weighted by Crippen LogP contribution is -2.35. The van der Waals surface area contributed by atoms with Crippen LogP contribution < -0.4 is 0 Å². The minimum absolute atomic E-state index is 0.148. The van der Waals surface area contributed by atoms with Gasteiger partial charge in [-0.15, -0.1) is 0 Å². The first-order valence-electron chi connectivity index (χ1n) is 6.35. The number of aliphatic hydroxyl groups is 3. The summed E-state index contributed by atoms with van der Waals surface area (Å²) >= 11 is 0. The van der Waals surface area contributed by atoms with Gasteiger partial charge in [-0.25, -0.2) is 0 Å². The fourth-order valence-corrected chi connectivity index (χ4v) is 1.81. The zero-order valence-corrected chi connectivity index (χ0v) is 11.5. The second kappa shape index (κ2) is 8.33. The fraction of sp³-hybridized carbons (Fsp3) is 0.400. The standard InChI is InChI=1S/C15H19NO4/c1-12-11-14(5-4-13(12)3-2-8-17)15(20)16(6-9-18)7-10-19/h4-5,11,17-19H,6-10H2,1H3. The fourth-order valence-electron chi connectivity index (χ4n) is 1.81. The highest BCUT2D eigenvalue weighted by molar-refractivity contribution is 5.94. The third-order valence-corrected chi connectivity index (χ3v) is 2.80. The van der Waals surface area contributed by atoms with E-state index >= 15 is 0 Å². The van der Waals surface area contributed by atoms with Gasteiger partial charge in [-0.3, -0.25) is 4.79 Å². The van der Waals surface area contributed by atoms with E-state index in [2.05, 4.69) is 11.8 Å². The Morgan fingerprint density at radius 2 is 1.85 bits per heavy atom. The van der Waals surface area contributed by atoms with Crippen LogP contribution in [-0.4, -0.2) is 59.0 Å². The molecule has 1 aromatic carbocycles. The minimum Gasteiger partial charge on any atom is -0.395 e. The first-order valence-corrected chi connectivity index (χ1v) is 6.35. The van der Waals surface area contributed by atoms with Crippen molar-refractivity contribution in [3.63, 3.8) is 0 Å². The van der Waals surface area contributed by atoms with E-state index < -0.39 is 0 Å². The SMILES string of the molecule is Cc1cc(C(=O)N(CCO)CCO)ccc1C#CCO. The molecule has 3 N–H and O–H groups in total. The summed E-state index contributed by atoms with van der Waals surface area (Å²) < 4.78 is 0. The molecule has 5 heteroatoms. The molecule has 0 aliphatic heterocycles. The quantitative estimate of drug-likeness (QED) is 0.649. The molecule has 0 unspecified atom stereocenters. The largest absolute Gasteiger partial charge is 0.395 e. The number of hydrogen-bond acceptors (Lipinski definition) is 4. The first-order chi connectivity index (χ1) is 9.63. The molecule has 0 bridgehead atoms. The number of aryl methyl sites for hydroxylation is 1. The summed E-state index contributed by atoms with van der Waals surface area (Å²) in [5.74, 6) is 5.13. The van der Waals surface area contributed by atoms with Crippen molar-refractivity contribution < 1.29 is 20.1 Å². The molecule has 5 nitrogen and oxygen atoms in total. The topological polar surface area (TPSA) is 81.0 Å². The highest BCUT2D eigenvalue weighted by atomic mass is 16.3. The molecule has 20 heavy (non-hydrogen) atoms. The van der Waals surface area contributed by atoms with Crippen molar-refractivity contribution in [2.24, 2.45) is 0 Å². The van der Waals surface area contributed by atoms with Gasteiger partial charge in [0, 0.05) is 24.2 Å². The summed E-state index contributed by atoms with van der Waals surface area (Å²) in [5.41, 5.74) is 2.08. The van der Waals surface area contributed by atoms with Crippen LogP contribution in [-0.2, 0) is 0 Å². The Kier molecular flexibility index (Phi) is 6.74. The molecule has 0 fully saturated rings. The number of amides is 1. The maximum atomic E-state index is 12.2. The van der Waals surface area contributed by atoms with E-state index in [1.165, 1.54) is 4.90 Å². The summed E-state index contributed by atoms with van der Waals surface area (Å²) in [4.78, 5) is 13.6.